The highest BCUT2D eigenvalue weighted by molar-refractivity contribution is 5.92. The van der Waals surface area contributed by atoms with Gasteiger partial charge in [0.15, 0.2) is 17.5 Å². The van der Waals surface area contributed by atoms with Gasteiger partial charge in [-0.1, -0.05) is 74.4 Å². The van der Waals surface area contributed by atoms with Gasteiger partial charge in [-0.15, -0.1) is 0 Å². The number of hydrogen-bond donors (Lipinski definition) is 4. The molecule has 4 bridgehead atoms. The average Bonchev–Trinajstić information content (AvgIpc) is 3.77. The van der Waals surface area contributed by atoms with E-state index in [2.05, 4.69) is 72.4 Å². The molecule has 4 N–H and O–H groups in total. The van der Waals surface area contributed by atoms with Crippen molar-refractivity contribution in [3.63, 3.8) is 0 Å². The number of cyclic esters (lactones) is 1. The summed E-state index contributed by atoms with van der Waals surface area (Å²) in [5.41, 5.74) is -4.13. The first-order chi connectivity index (χ1) is 36.8. The molecule has 13 heteroatoms. The number of carbonyl (C=O) groups is 3. The van der Waals surface area contributed by atoms with Crippen LogP contribution in [0.2, 0.25) is 0 Å². The number of esters is 2. The highest BCUT2D eigenvalue weighted by atomic mass is 16.7. The number of aryl methyl sites for hydroxylation is 1. The van der Waals surface area contributed by atoms with Crippen molar-refractivity contribution in [2.24, 2.45) is 81.3 Å². The molecule has 0 radical (unpaired) electrons. The predicted molar refractivity (Wildman–Crippen MR) is 276 cm³/mol. The van der Waals surface area contributed by atoms with Crippen molar-refractivity contribution in [3.05, 3.63) is 71.3 Å². The summed E-state index contributed by atoms with van der Waals surface area (Å²) in [6.45, 7) is 5.81. The zero-order valence-electron chi connectivity index (χ0n) is 44.5. The number of nitrogens with one attached hydrogen (secondary N) is 1. The number of allylic oxidation sites excluding steroid dienone is 1. The van der Waals surface area contributed by atoms with Crippen LogP contribution in [0.4, 0.5) is 0 Å². The largest absolute Gasteiger partial charge is 0.469 e. The zero-order chi connectivity index (χ0) is 51.7. The number of nitrogens with zero attached hydrogens (tertiary/aromatic N) is 1. The van der Waals surface area contributed by atoms with Crippen LogP contribution in [0.3, 0.4) is 0 Å². The molecule has 21 atom stereocenters. The van der Waals surface area contributed by atoms with Crippen LogP contribution < -0.4 is 5.32 Å². The molecule has 5 saturated carbocycles. The molecule has 7 heterocycles. The van der Waals surface area contributed by atoms with Gasteiger partial charge in [0.05, 0.1) is 55.6 Å². The molecule has 13 nitrogen and oxygen atoms in total. The molecule has 15 rings (SSSR count). The van der Waals surface area contributed by atoms with Gasteiger partial charge >= 0.3 is 11.9 Å². The Hall–Kier alpha value is -4.03. The molecule has 10 fully saturated rings. The minimum atomic E-state index is -1.53. The minimum absolute atomic E-state index is 0.0134. The summed E-state index contributed by atoms with van der Waals surface area (Å²) in [6, 6.07) is 11.1. The maximum atomic E-state index is 16.6. The van der Waals surface area contributed by atoms with Crippen molar-refractivity contribution in [1.29, 1.82) is 0 Å². The Balaban J connectivity index is 0.904. The van der Waals surface area contributed by atoms with E-state index >= 15 is 9.59 Å². The second kappa shape index (κ2) is 17.2. The Labute approximate surface area is 446 Å². The number of furan rings is 1. The molecule has 406 valence electrons. The quantitative estimate of drug-likeness (QED) is 0.121. The van der Waals surface area contributed by atoms with E-state index in [0.29, 0.717) is 62.2 Å². The van der Waals surface area contributed by atoms with Crippen LogP contribution in [0, 0.1) is 93.2 Å². The Bertz CT molecular complexity index is 2800. The van der Waals surface area contributed by atoms with Crippen LogP contribution in [0.1, 0.15) is 133 Å². The number of Topliss-reactive ketones (excluding diaryl/α,β-unsaturated/α-hetero) is 1. The van der Waals surface area contributed by atoms with Crippen LogP contribution >= 0.6 is 0 Å². The van der Waals surface area contributed by atoms with E-state index in [-0.39, 0.29) is 66.9 Å². The second-order valence-electron chi connectivity index (χ2n) is 27.2. The fourth-order valence-corrected chi connectivity index (χ4v) is 21.7. The normalized spacial score (nSPS) is 48.1. The van der Waals surface area contributed by atoms with E-state index < -0.39 is 81.2 Å². The Kier molecular flexibility index (Phi) is 11.1. The van der Waals surface area contributed by atoms with E-state index in [4.69, 9.17) is 23.4 Å². The lowest BCUT2D eigenvalue weighted by atomic mass is 9.30. The molecule has 13 aliphatic rings. The third-order valence-electron chi connectivity index (χ3n) is 24.6. The molecular formula is C63H78N2O11. The van der Waals surface area contributed by atoms with Gasteiger partial charge in [0.1, 0.15) is 24.1 Å². The lowest BCUT2D eigenvalue weighted by molar-refractivity contribution is -0.301. The van der Waals surface area contributed by atoms with E-state index in [1.54, 1.807) is 0 Å². The maximum Gasteiger partial charge on any atom is 0.339 e. The number of rotatable bonds is 8. The van der Waals surface area contributed by atoms with Gasteiger partial charge in [0.2, 0.25) is 0 Å². The third kappa shape index (κ3) is 6.19. The summed E-state index contributed by atoms with van der Waals surface area (Å²) < 4.78 is 35.5. The van der Waals surface area contributed by atoms with Crippen molar-refractivity contribution in [2.45, 2.75) is 177 Å². The number of aliphatic hydroxyl groups excluding tert-OH is 3. The number of ether oxygens (including phenoxy) is 4. The number of fused-ring (bicyclic) bond motifs is 5. The summed E-state index contributed by atoms with van der Waals surface area (Å²) >= 11 is 0. The van der Waals surface area contributed by atoms with Crippen LogP contribution in [-0.4, -0.2) is 106 Å². The first-order valence-corrected chi connectivity index (χ1v) is 29.9. The van der Waals surface area contributed by atoms with E-state index in [1.807, 2.05) is 12.3 Å². The SMILES string of the molecule is CC1(C2CCCCC2)OC2CC(=O)OCC23C1C(=O)C(O)C12C4CC(Cc5ccccc5)CCC4C#CC4CCc5coc(CC(C(O)CO)C6CCC7C(C=CN8CNCC78)C6)c5C45OC(=O)C4OC41C5(C)CCC32. The van der Waals surface area contributed by atoms with E-state index in [0.717, 1.165) is 95.0 Å². The van der Waals surface area contributed by atoms with Crippen LogP contribution in [0.25, 0.3) is 0 Å². The van der Waals surface area contributed by atoms with Crippen LogP contribution in [-0.2, 0) is 58.2 Å². The van der Waals surface area contributed by atoms with Crippen molar-refractivity contribution < 1.29 is 53.1 Å². The topological polar surface area (TPSA) is 181 Å². The molecule has 0 amide bonds. The molecular weight excluding hydrogens is 961 g/mol. The fourth-order valence-electron chi connectivity index (χ4n) is 21.7. The summed E-state index contributed by atoms with van der Waals surface area (Å²) in [7, 11) is 0. The summed E-state index contributed by atoms with van der Waals surface area (Å²) in [5, 5.41) is 40.6. The fraction of sp³-hybridized carbons (Fsp3) is 0.730. The monoisotopic (exact) mass is 1040 g/mol. The lowest BCUT2D eigenvalue weighted by Crippen LogP contribution is -2.82. The molecule has 1 aromatic heterocycles. The molecule has 1 aromatic carbocycles. The number of ketones is 1. The van der Waals surface area contributed by atoms with Gasteiger partial charge in [-0.3, -0.25) is 14.9 Å². The van der Waals surface area contributed by atoms with Crippen molar-refractivity contribution in [2.75, 3.05) is 26.4 Å². The maximum absolute atomic E-state index is 16.6. The first kappa shape index (κ1) is 49.0. The average molecular weight is 1040 g/mol. The molecule has 76 heavy (non-hydrogen) atoms. The summed E-state index contributed by atoms with van der Waals surface area (Å²) in [6.07, 6.45) is 16.0. The highest BCUT2D eigenvalue weighted by Crippen LogP contribution is 2.85. The molecule has 2 aromatic rings. The van der Waals surface area contributed by atoms with Crippen molar-refractivity contribution in [3.8, 4) is 11.8 Å². The standard InChI is InChI=1S/C63H78N2O11/c1-58-23-21-49-60-33-73-51(68)29-50(60)74-59(2,41-11-7-4-8-12-41)54(60)53(69)55(70)61(49)45-26-36(25-35-9-5-3-6-10-35)13-14-37(45)15-18-42-19-16-40-32-72-48(52(40)62(42,58)76-57(71)56-63(58,61)75-56)28-44(47(67)31-66)38-17-20-43-39(27-38)22-24-65-34-64-30-46(43)65/h3,5-6,9-10,22,24,32,36-39,41-47,49-50,54-56,64,66-67,70H,4,7-8,11-14,16-17,19-21,23,25-31,33-34H2,1-2H3. The minimum Gasteiger partial charge on any atom is -0.469 e. The Morgan fingerprint density at radius 3 is 2.62 bits per heavy atom. The van der Waals surface area contributed by atoms with Gasteiger partial charge in [-0.05, 0) is 155 Å². The number of hydrogen-bond acceptors (Lipinski definition) is 13. The number of benzene rings is 1. The van der Waals surface area contributed by atoms with E-state index in [1.165, 1.54) is 5.56 Å². The molecule has 5 saturated heterocycles. The molecule has 7 aliphatic carbocycles. The van der Waals surface area contributed by atoms with Gasteiger partial charge in [0, 0.05) is 46.7 Å². The van der Waals surface area contributed by atoms with Crippen LogP contribution in [0.15, 0.2) is 53.3 Å². The second-order valence-corrected chi connectivity index (χ2v) is 27.2. The predicted octanol–water partition coefficient (Wildman–Crippen LogP) is 6.96. The van der Waals surface area contributed by atoms with Crippen molar-refractivity contribution in [1.82, 2.24) is 10.2 Å². The highest BCUT2D eigenvalue weighted by Gasteiger charge is 2.96. The Morgan fingerprint density at radius 2 is 1.79 bits per heavy atom. The third-order valence-corrected chi connectivity index (χ3v) is 24.6. The number of epoxide rings is 1. The van der Waals surface area contributed by atoms with Gasteiger partial charge in [-0.2, -0.15) is 0 Å². The van der Waals surface area contributed by atoms with Gasteiger partial charge in [0.25, 0.3) is 0 Å². The Morgan fingerprint density at radius 1 is 0.947 bits per heavy atom. The van der Waals surface area contributed by atoms with Gasteiger partial charge < -0.3 is 43.6 Å². The van der Waals surface area contributed by atoms with Crippen LogP contribution in [0.5, 0.6) is 0 Å². The zero-order valence-corrected chi connectivity index (χ0v) is 44.5. The molecule has 21 unspecified atom stereocenters. The number of carbonyl (C=O) groups excluding carboxylic acids is 3. The number of aliphatic hydroxyl groups is 3. The molecule has 6 aliphatic heterocycles. The lowest BCUT2D eigenvalue weighted by Gasteiger charge is -2.72. The smallest absolute Gasteiger partial charge is 0.339 e. The van der Waals surface area contributed by atoms with Crippen molar-refractivity contribution >= 4 is 17.7 Å². The first-order valence-electron chi connectivity index (χ1n) is 29.9. The van der Waals surface area contributed by atoms with Gasteiger partial charge in [-0.25, -0.2) is 4.79 Å². The molecule has 4 spiro atoms. The van der Waals surface area contributed by atoms with E-state index in [9.17, 15) is 20.1 Å². The summed E-state index contributed by atoms with van der Waals surface area (Å²) in [5.74, 6) is 6.12. The summed E-state index contributed by atoms with van der Waals surface area (Å²) in [4.78, 5) is 48.5.